The van der Waals surface area contributed by atoms with Crippen LogP contribution in [0, 0.1) is 5.92 Å². The topological polar surface area (TPSA) is 344 Å². The van der Waals surface area contributed by atoms with Crippen molar-refractivity contribution in [3.63, 3.8) is 0 Å². The van der Waals surface area contributed by atoms with E-state index in [0.717, 1.165) is 6.92 Å². The molecule has 7 amide bonds. The second kappa shape index (κ2) is 23.2. The highest BCUT2D eigenvalue weighted by Gasteiger charge is 2.41. The first kappa shape index (κ1) is 47.4. The third-order valence-corrected chi connectivity index (χ3v) is 8.34. The summed E-state index contributed by atoms with van der Waals surface area (Å²) in [6.45, 7) is 4.12. The molecule has 6 atom stereocenters. The number of aliphatic hydroxyl groups is 1. The predicted molar refractivity (Wildman–Crippen MR) is 186 cm³/mol. The largest absolute Gasteiger partial charge is 0.481 e. The van der Waals surface area contributed by atoms with Gasteiger partial charge >= 0.3 is 17.9 Å². The number of amides is 7. The molecule has 0 aliphatic carbocycles. The number of rotatable bonds is 24. The zero-order valence-corrected chi connectivity index (χ0v) is 31.0. The van der Waals surface area contributed by atoms with Gasteiger partial charge in [-0.25, -0.2) is 0 Å². The smallest absolute Gasteiger partial charge is 0.322 e. The summed E-state index contributed by atoms with van der Waals surface area (Å²) in [6, 6.07) is -8.55. The molecule has 0 aromatic carbocycles. The van der Waals surface area contributed by atoms with Crippen molar-refractivity contribution in [2.45, 2.75) is 115 Å². The number of carbonyl (C=O) groups excluding carboxylic acids is 8. The van der Waals surface area contributed by atoms with Crippen LogP contribution < -0.4 is 31.9 Å². The average Bonchev–Trinajstić information content (AvgIpc) is 3.60. The molecule has 10 N–H and O–H groups in total. The molecule has 1 aliphatic rings. The van der Waals surface area contributed by atoms with Crippen LogP contribution >= 0.6 is 0 Å². The predicted octanol–water partition coefficient (Wildman–Crippen LogP) is -3.63. The first-order valence-electron chi connectivity index (χ1n) is 17.6. The van der Waals surface area contributed by atoms with Gasteiger partial charge in [0, 0.05) is 26.3 Å². The number of aliphatic carboxylic acids is 3. The molecule has 22 nitrogen and oxygen atoms in total. The number of likely N-dealkylation sites (tertiary alicyclic amines) is 1. The van der Waals surface area contributed by atoms with E-state index in [2.05, 4.69) is 26.6 Å². The Morgan fingerprint density at radius 1 is 0.691 bits per heavy atom. The van der Waals surface area contributed by atoms with E-state index in [1.54, 1.807) is 20.8 Å². The summed E-state index contributed by atoms with van der Waals surface area (Å²) in [6.07, 6.45) is -1.16. The van der Waals surface area contributed by atoms with Crippen LogP contribution in [0.2, 0.25) is 0 Å². The Balaban J connectivity index is 3.15. The Labute approximate surface area is 315 Å². The first-order chi connectivity index (χ1) is 25.7. The molecular weight excluding hydrogens is 734 g/mol. The zero-order valence-electron chi connectivity index (χ0n) is 31.0. The van der Waals surface area contributed by atoms with Crippen LogP contribution in [0.25, 0.3) is 0 Å². The van der Waals surface area contributed by atoms with E-state index in [4.69, 9.17) is 10.2 Å². The van der Waals surface area contributed by atoms with Crippen LogP contribution in [-0.2, 0) is 52.7 Å². The number of hydrogen-bond acceptors (Lipinski definition) is 12. The maximum absolute atomic E-state index is 13.8. The fourth-order valence-corrected chi connectivity index (χ4v) is 5.53. The number of carboxylic acids is 3. The van der Waals surface area contributed by atoms with Gasteiger partial charge in [-0.15, -0.1) is 0 Å². The standard InChI is InChI=1S/C33H51N7O15/c1-5-7-18(27(49)32(54)34-14-25(47)48)36-31(53)22-8-6-13-40(22)33(55)26(16(2)3)39-30(52)21(15-41)38-29(51)20(10-12-24(45)46)37-28(50)19(35-17(4)42)9-11-23(43)44/h16,18-22,26,41H,5-15H2,1-4H3,(H,34,54)(H,35,42)(H,36,53)(H,37,50)(H,38,51)(H,39,52)(H,43,44)(H,45,46)(H,47,48)/t18?,19-,20-,21-,22-,26-/m0/s1. The molecule has 1 unspecified atom stereocenters. The molecule has 22 heteroatoms. The van der Waals surface area contributed by atoms with Crippen molar-refractivity contribution in [3.05, 3.63) is 0 Å². The summed E-state index contributed by atoms with van der Waals surface area (Å²) < 4.78 is 0. The van der Waals surface area contributed by atoms with E-state index < -0.39 is 140 Å². The molecule has 0 bridgehead atoms. The van der Waals surface area contributed by atoms with Crippen LogP contribution in [0.15, 0.2) is 0 Å². The molecule has 1 rings (SSSR count). The lowest BCUT2D eigenvalue weighted by Gasteiger charge is -2.32. The van der Waals surface area contributed by atoms with E-state index >= 15 is 0 Å². The third-order valence-electron chi connectivity index (χ3n) is 8.34. The zero-order chi connectivity index (χ0) is 42.0. The highest BCUT2D eigenvalue weighted by molar-refractivity contribution is 6.38. The van der Waals surface area contributed by atoms with Crippen LogP contribution in [0.5, 0.6) is 0 Å². The minimum atomic E-state index is -1.74. The number of Topliss-reactive ketones (excluding diaryl/α,β-unsaturated/α-hetero) is 1. The monoisotopic (exact) mass is 785 g/mol. The van der Waals surface area contributed by atoms with Gasteiger partial charge in [-0.1, -0.05) is 27.2 Å². The van der Waals surface area contributed by atoms with Crippen molar-refractivity contribution < 1.29 is 73.2 Å². The van der Waals surface area contributed by atoms with Crippen LogP contribution in [-0.4, -0.2) is 146 Å². The Hall–Kier alpha value is -5.67. The number of carbonyl (C=O) groups is 11. The number of hydrogen-bond donors (Lipinski definition) is 10. The molecule has 0 saturated carbocycles. The second-order valence-corrected chi connectivity index (χ2v) is 13.1. The van der Waals surface area contributed by atoms with E-state index in [1.165, 1.54) is 4.90 Å². The number of ketones is 1. The van der Waals surface area contributed by atoms with Gasteiger partial charge in [0.1, 0.15) is 36.8 Å². The summed E-state index contributed by atoms with van der Waals surface area (Å²) >= 11 is 0. The highest BCUT2D eigenvalue weighted by Crippen LogP contribution is 2.21. The molecule has 55 heavy (non-hydrogen) atoms. The van der Waals surface area contributed by atoms with Crippen LogP contribution in [0.3, 0.4) is 0 Å². The summed E-state index contributed by atoms with van der Waals surface area (Å²) in [4.78, 5) is 138. The van der Waals surface area contributed by atoms with Gasteiger partial charge in [0.15, 0.2) is 0 Å². The van der Waals surface area contributed by atoms with Crippen LogP contribution in [0.1, 0.15) is 79.1 Å². The van der Waals surface area contributed by atoms with E-state index in [1.807, 2.05) is 5.32 Å². The van der Waals surface area contributed by atoms with Crippen molar-refractivity contribution in [3.8, 4) is 0 Å². The Morgan fingerprint density at radius 3 is 1.69 bits per heavy atom. The van der Waals surface area contributed by atoms with Gasteiger partial charge < -0.3 is 57.2 Å². The van der Waals surface area contributed by atoms with E-state index in [9.17, 15) is 63.0 Å². The van der Waals surface area contributed by atoms with Crippen molar-refractivity contribution in [1.82, 2.24) is 36.8 Å². The average molecular weight is 786 g/mol. The Morgan fingerprint density at radius 2 is 1.22 bits per heavy atom. The number of nitrogens with zero attached hydrogens (tertiary/aromatic N) is 1. The SMILES string of the molecule is CCCC(NC(=O)[C@@H]1CCCN1C(=O)[C@@H](NC(=O)[C@H](CO)NC(=O)[C@H](CCC(=O)O)NC(=O)[C@H](CCC(=O)O)NC(C)=O)C(C)C)C(=O)C(=O)NCC(=O)O. The van der Waals surface area contributed by atoms with Crippen LogP contribution in [0.4, 0.5) is 0 Å². The highest BCUT2D eigenvalue weighted by atomic mass is 16.4. The summed E-state index contributed by atoms with van der Waals surface area (Å²) in [5.41, 5.74) is 0. The minimum absolute atomic E-state index is 0.0339. The van der Waals surface area contributed by atoms with E-state index in [-0.39, 0.29) is 25.8 Å². The van der Waals surface area contributed by atoms with Gasteiger partial charge in [-0.3, -0.25) is 52.7 Å². The number of nitrogens with one attached hydrogen (secondary N) is 6. The van der Waals surface area contributed by atoms with Crippen molar-refractivity contribution in [2.75, 3.05) is 19.7 Å². The summed E-state index contributed by atoms with van der Waals surface area (Å²) in [5.74, 6) is -12.3. The first-order valence-corrected chi connectivity index (χ1v) is 17.6. The molecule has 1 saturated heterocycles. The lowest BCUT2D eigenvalue weighted by atomic mass is 10.0. The van der Waals surface area contributed by atoms with Crippen molar-refractivity contribution >= 4 is 65.0 Å². The van der Waals surface area contributed by atoms with Gasteiger partial charge in [0.2, 0.25) is 41.2 Å². The molecule has 0 aromatic heterocycles. The molecule has 0 spiro atoms. The molecule has 1 heterocycles. The molecule has 1 fully saturated rings. The third kappa shape index (κ3) is 16.1. The maximum atomic E-state index is 13.8. The Kier molecular flexibility index (Phi) is 20.0. The fourth-order valence-electron chi connectivity index (χ4n) is 5.53. The summed E-state index contributed by atoms with van der Waals surface area (Å²) in [5, 5.41) is 50.5. The van der Waals surface area contributed by atoms with Gasteiger partial charge in [0.25, 0.3) is 5.91 Å². The lowest BCUT2D eigenvalue weighted by Crippen LogP contribution is -2.61. The van der Waals surface area contributed by atoms with Gasteiger partial charge in [-0.2, -0.15) is 0 Å². The minimum Gasteiger partial charge on any atom is -0.481 e. The van der Waals surface area contributed by atoms with Crippen molar-refractivity contribution in [1.29, 1.82) is 0 Å². The second-order valence-electron chi connectivity index (χ2n) is 13.1. The molecular formula is C33H51N7O15. The number of aliphatic hydroxyl groups excluding tert-OH is 1. The van der Waals surface area contributed by atoms with Crippen molar-refractivity contribution in [2.24, 2.45) is 5.92 Å². The summed E-state index contributed by atoms with van der Waals surface area (Å²) in [7, 11) is 0. The molecule has 308 valence electrons. The Bertz CT molecular complexity index is 1470. The number of carboxylic acid groups (broad SMARTS) is 3. The lowest BCUT2D eigenvalue weighted by molar-refractivity contribution is -0.145. The van der Waals surface area contributed by atoms with Gasteiger partial charge in [-0.05, 0) is 38.0 Å². The molecule has 0 radical (unpaired) electrons. The molecule has 0 aromatic rings. The maximum Gasteiger partial charge on any atom is 0.322 e. The van der Waals surface area contributed by atoms with Gasteiger partial charge in [0.05, 0.1) is 12.6 Å². The normalized spacial score (nSPS) is 16.3. The molecule has 1 aliphatic heterocycles. The fraction of sp³-hybridized carbons (Fsp3) is 0.667. The van der Waals surface area contributed by atoms with E-state index in [0.29, 0.717) is 12.8 Å². The quantitative estimate of drug-likeness (QED) is 0.0422.